The molecule has 0 fully saturated rings. The normalized spacial score (nSPS) is 11.1. The zero-order chi connectivity index (χ0) is 21.5. The van der Waals surface area contributed by atoms with Crippen molar-refractivity contribution < 1.29 is 14.3 Å². The van der Waals surface area contributed by atoms with Crippen LogP contribution in [-0.4, -0.2) is 53.7 Å². The lowest BCUT2D eigenvalue weighted by Gasteiger charge is -2.19. The van der Waals surface area contributed by atoms with Crippen LogP contribution >= 0.6 is 0 Å². The van der Waals surface area contributed by atoms with Crippen molar-refractivity contribution in [3.05, 3.63) is 48.0 Å². The van der Waals surface area contributed by atoms with Crippen LogP contribution in [0.1, 0.15) is 31.1 Å². The average molecular weight is 411 g/mol. The summed E-state index contributed by atoms with van der Waals surface area (Å²) in [4.78, 5) is 20.0. The number of rotatable bonds is 10. The Kier molecular flexibility index (Phi) is 7.30. The van der Waals surface area contributed by atoms with Crippen molar-refractivity contribution in [2.75, 3.05) is 38.7 Å². The number of anilines is 1. The smallest absolute Gasteiger partial charge is 0.258 e. The number of para-hydroxylation sites is 2. The van der Waals surface area contributed by atoms with Crippen LogP contribution < -0.4 is 14.8 Å². The Bertz CT molecular complexity index is 995. The molecular formula is C23H30N4O3. The lowest BCUT2D eigenvalue weighted by molar-refractivity contribution is 0.102. The largest absolute Gasteiger partial charge is 0.493 e. The lowest BCUT2D eigenvalue weighted by Crippen LogP contribution is -2.27. The van der Waals surface area contributed by atoms with E-state index in [1.807, 2.05) is 31.2 Å². The molecule has 160 valence electrons. The van der Waals surface area contributed by atoms with Gasteiger partial charge in [-0.25, -0.2) is 4.98 Å². The number of nitrogens with one attached hydrogen (secondary N) is 1. The van der Waals surface area contributed by atoms with Crippen LogP contribution in [0.25, 0.3) is 11.0 Å². The number of aromatic nitrogens is 2. The number of fused-ring (bicyclic) bond motifs is 1. The van der Waals surface area contributed by atoms with Crippen LogP contribution in [0, 0.1) is 0 Å². The van der Waals surface area contributed by atoms with Gasteiger partial charge in [-0.2, -0.15) is 0 Å². The van der Waals surface area contributed by atoms with Gasteiger partial charge in [0.2, 0.25) is 5.95 Å². The standard InChI is InChI=1S/C23H30N4O3/c1-5-26(6-2)14-15-27-19-11-9-8-10-18(19)24-23(27)25-22(28)17-12-13-20(30-7-3)21(16-17)29-4/h8-13,16H,5-7,14-15H2,1-4H3,(H,24,25,28). The van der Waals surface area contributed by atoms with E-state index in [-0.39, 0.29) is 5.91 Å². The molecule has 0 bridgehead atoms. The molecule has 0 saturated carbocycles. The van der Waals surface area contributed by atoms with E-state index in [2.05, 4.69) is 33.6 Å². The van der Waals surface area contributed by atoms with Gasteiger partial charge in [0.25, 0.3) is 5.91 Å². The van der Waals surface area contributed by atoms with E-state index in [1.165, 1.54) is 0 Å². The summed E-state index contributed by atoms with van der Waals surface area (Å²) >= 11 is 0. The number of carbonyl (C=O) groups excluding carboxylic acids is 1. The van der Waals surface area contributed by atoms with Crippen LogP contribution in [0.3, 0.4) is 0 Å². The number of likely N-dealkylation sites (N-methyl/N-ethyl adjacent to an activating group) is 1. The predicted molar refractivity (Wildman–Crippen MR) is 120 cm³/mol. The van der Waals surface area contributed by atoms with Gasteiger partial charge in [0.05, 0.1) is 24.8 Å². The third-order valence-corrected chi connectivity index (χ3v) is 5.14. The Morgan fingerprint density at radius 3 is 2.57 bits per heavy atom. The van der Waals surface area contributed by atoms with Gasteiger partial charge in [-0.3, -0.25) is 10.1 Å². The predicted octanol–water partition coefficient (Wildman–Crippen LogP) is 4.04. The van der Waals surface area contributed by atoms with Gasteiger partial charge in [0, 0.05) is 18.7 Å². The van der Waals surface area contributed by atoms with Crippen molar-refractivity contribution in [1.82, 2.24) is 14.5 Å². The van der Waals surface area contributed by atoms with Crippen molar-refractivity contribution >= 4 is 22.9 Å². The number of nitrogens with zero attached hydrogens (tertiary/aromatic N) is 3. The van der Waals surface area contributed by atoms with Crippen molar-refractivity contribution in [1.29, 1.82) is 0 Å². The molecule has 7 nitrogen and oxygen atoms in total. The molecule has 1 N–H and O–H groups in total. The number of hydrogen-bond acceptors (Lipinski definition) is 5. The molecule has 30 heavy (non-hydrogen) atoms. The molecule has 0 unspecified atom stereocenters. The lowest BCUT2D eigenvalue weighted by atomic mass is 10.2. The maximum atomic E-state index is 13.0. The Balaban J connectivity index is 1.87. The van der Waals surface area contributed by atoms with Gasteiger partial charge in [-0.15, -0.1) is 0 Å². The monoisotopic (exact) mass is 410 g/mol. The molecule has 1 heterocycles. The van der Waals surface area contributed by atoms with E-state index in [0.29, 0.717) is 29.6 Å². The molecule has 1 aromatic heterocycles. The molecule has 7 heteroatoms. The van der Waals surface area contributed by atoms with E-state index >= 15 is 0 Å². The fourth-order valence-electron chi connectivity index (χ4n) is 3.44. The zero-order valence-corrected chi connectivity index (χ0v) is 18.1. The van der Waals surface area contributed by atoms with Crippen LogP contribution in [0.2, 0.25) is 0 Å². The fraction of sp³-hybridized carbons (Fsp3) is 0.391. The maximum Gasteiger partial charge on any atom is 0.258 e. The summed E-state index contributed by atoms with van der Waals surface area (Å²) in [5, 5.41) is 2.98. The molecule has 0 radical (unpaired) electrons. The first-order chi connectivity index (χ1) is 14.6. The SMILES string of the molecule is CCOc1ccc(C(=O)Nc2nc3ccccc3n2CCN(CC)CC)cc1OC. The van der Waals surface area contributed by atoms with E-state index < -0.39 is 0 Å². The van der Waals surface area contributed by atoms with E-state index in [9.17, 15) is 4.79 Å². The highest BCUT2D eigenvalue weighted by molar-refractivity contribution is 6.04. The quantitative estimate of drug-likeness (QED) is 0.546. The number of amides is 1. The van der Waals surface area contributed by atoms with Crippen molar-refractivity contribution in [2.45, 2.75) is 27.3 Å². The maximum absolute atomic E-state index is 13.0. The van der Waals surface area contributed by atoms with Crippen LogP contribution in [0.5, 0.6) is 11.5 Å². The third kappa shape index (κ3) is 4.74. The summed E-state index contributed by atoms with van der Waals surface area (Å²) in [5.41, 5.74) is 2.35. The second kappa shape index (κ2) is 10.1. The highest BCUT2D eigenvalue weighted by atomic mass is 16.5. The summed E-state index contributed by atoms with van der Waals surface area (Å²) in [6.45, 7) is 10.3. The molecule has 0 aliphatic heterocycles. The van der Waals surface area contributed by atoms with Crippen molar-refractivity contribution in [3.8, 4) is 11.5 Å². The second-order valence-electron chi connectivity index (χ2n) is 6.86. The number of hydrogen-bond donors (Lipinski definition) is 1. The zero-order valence-electron chi connectivity index (χ0n) is 18.1. The van der Waals surface area contributed by atoms with Gasteiger partial charge in [0.15, 0.2) is 11.5 Å². The second-order valence-corrected chi connectivity index (χ2v) is 6.86. The molecule has 1 amide bonds. The summed E-state index contributed by atoms with van der Waals surface area (Å²) in [5.74, 6) is 1.44. The molecule has 3 aromatic rings. The summed E-state index contributed by atoms with van der Waals surface area (Å²) in [6, 6.07) is 13.1. The molecule has 0 atom stereocenters. The first-order valence-corrected chi connectivity index (χ1v) is 10.4. The highest BCUT2D eigenvalue weighted by Gasteiger charge is 2.16. The Morgan fingerprint density at radius 1 is 1.10 bits per heavy atom. The Morgan fingerprint density at radius 2 is 1.87 bits per heavy atom. The van der Waals surface area contributed by atoms with Crippen molar-refractivity contribution in [2.24, 2.45) is 0 Å². The number of methoxy groups -OCH3 is 1. The fourth-order valence-corrected chi connectivity index (χ4v) is 3.44. The first kappa shape index (κ1) is 21.6. The van der Waals surface area contributed by atoms with Gasteiger partial charge >= 0.3 is 0 Å². The highest BCUT2D eigenvalue weighted by Crippen LogP contribution is 2.28. The van der Waals surface area contributed by atoms with Crippen LogP contribution in [0.15, 0.2) is 42.5 Å². The number of ether oxygens (including phenoxy) is 2. The molecule has 0 aliphatic carbocycles. The minimum absolute atomic E-state index is 0.240. The van der Waals surface area contributed by atoms with Crippen LogP contribution in [0.4, 0.5) is 5.95 Å². The molecule has 2 aromatic carbocycles. The topological polar surface area (TPSA) is 68.6 Å². The van der Waals surface area contributed by atoms with E-state index in [0.717, 1.165) is 37.2 Å². The van der Waals surface area contributed by atoms with Gasteiger partial charge in [-0.05, 0) is 50.3 Å². The summed E-state index contributed by atoms with van der Waals surface area (Å²) in [6.07, 6.45) is 0. The van der Waals surface area contributed by atoms with Gasteiger partial charge in [0.1, 0.15) is 0 Å². The minimum atomic E-state index is -0.240. The number of benzene rings is 2. The first-order valence-electron chi connectivity index (χ1n) is 10.4. The number of imidazole rings is 1. The molecule has 0 spiro atoms. The number of carbonyl (C=O) groups is 1. The minimum Gasteiger partial charge on any atom is -0.493 e. The van der Waals surface area contributed by atoms with Crippen LogP contribution in [-0.2, 0) is 6.54 Å². The van der Waals surface area contributed by atoms with Gasteiger partial charge < -0.3 is 18.9 Å². The molecule has 0 aliphatic rings. The molecule has 3 rings (SSSR count). The third-order valence-electron chi connectivity index (χ3n) is 5.14. The van der Waals surface area contributed by atoms with Crippen molar-refractivity contribution in [3.63, 3.8) is 0 Å². The van der Waals surface area contributed by atoms with E-state index in [1.54, 1.807) is 25.3 Å². The Hall–Kier alpha value is -3.06. The average Bonchev–Trinajstić information content (AvgIpc) is 3.12. The molecular weight excluding hydrogens is 380 g/mol. The summed E-state index contributed by atoms with van der Waals surface area (Å²) < 4.78 is 13.0. The summed E-state index contributed by atoms with van der Waals surface area (Å²) in [7, 11) is 1.56. The van der Waals surface area contributed by atoms with Gasteiger partial charge in [-0.1, -0.05) is 26.0 Å². The Labute approximate surface area is 177 Å². The van der Waals surface area contributed by atoms with E-state index in [4.69, 9.17) is 9.47 Å². The molecule has 0 saturated heterocycles.